The first-order valence-electron chi connectivity index (χ1n) is 8.07. The monoisotopic (exact) mass is 380 g/mol. The molecule has 3 rings (SSSR count). The Morgan fingerprint density at radius 3 is 2.56 bits per heavy atom. The number of thiocarbonyl (C=S) groups is 1. The van der Waals surface area contributed by atoms with Gasteiger partial charge in [-0.05, 0) is 42.0 Å². The van der Waals surface area contributed by atoms with Crippen molar-refractivity contribution in [2.75, 3.05) is 0 Å². The second-order valence-electron chi connectivity index (χ2n) is 5.54. The average Bonchev–Trinajstić information content (AvgIpc) is 3.16. The zero-order chi connectivity index (χ0) is 19.1. The number of non-ortho nitro benzene ring substituents is 1. The number of hydrogen-bond donors (Lipinski definition) is 2. The molecule has 3 aromatic rings. The van der Waals surface area contributed by atoms with Gasteiger partial charge in [-0.2, -0.15) is 5.10 Å². The minimum absolute atomic E-state index is 0.0350. The molecule has 8 heteroatoms. The SMILES string of the molecule is O=[N+]([O-])c1ccc(-c2ccc(C=NNC(=S)NCc3ccccc3)o2)cc1. The fourth-order valence-electron chi connectivity index (χ4n) is 2.30. The van der Waals surface area contributed by atoms with Gasteiger partial charge in [0.05, 0.1) is 11.1 Å². The number of hydrogen-bond acceptors (Lipinski definition) is 5. The van der Waals surface area contributed by atoms with Crippen LogP contribution in [0, 0.1) is 10.1 Å². The van der Waals surface area contributed by atoms with Crippen molar-refractivity contribution in [2.24, 2.45) is 5.10 Å². The topological polar surface area (TPSA) is 92.7 Å². The van der Waals surface area contributed by atoms with Gasteiger partial charge in [-0.25, -0.2) is 0 Å². The molecule has 1 aromatic heterocycles. The predicted molar refractivity (Wildman–Crippen MR) is 107 cm³/mol. The van der Waals surface area contributed by atoms with Gasteiger partial charge in [0.15, 0.2) is 5.11 Å². The summed E-state index contributed by atoms with van der Waals surface area (Å²) in [5.74, 6) is 1.12. The predicted octanol–water partition coefficient (Wildman–Crippen LogP) is 3.85. The molecule has 0 spiro atoms. The summed E-state index contributed by atoms with van der Waals surface area (Å²) in [6.45, 7) is 0.604. The highest BCUT2D eigenvalue weighted by Gasteiger charge is 2.07. The van der Waals surface area contributed by atoms with E-state index in [9.17, 15) is 10.1 Å². The maximum Gasteiger partial charge on any atom is 0.269 e. The third-order valence-corrected chi connectivity index (χ3v) is 3.88. The zero-order valence-corrected chi connectivity index (χ0v) is 15.0. The molecule has 0 saturated heterocycles. The van der Waals surface area contributed by atoms with Crippen LogP contribution in [0.2, 0.25) is 0 Å². The second-order valence-corrected chi connectivity index (χ2v) is 5.95. The molecule has 0 saturated carbocycles. The minimum atomic E-state index is -0.440. The third-order valence-electron chi connectivity index (χ3n) is 3.64. The Kier molecular flexibility index (Phi) is 5.91. The highest BCUT2D eigenvalue weighted by Crippen LogP contribution is 2.23. The zero-order valence-electron chi connectivity index (χ0n) is 14.2. The number of rotatable bonds is 6. The molecule has 0 radical (unpaired) electrons. The number of nitrogens with zero attached hydrogens (tertiary/aromatic N) is 2. The van der Waals surface area contributed by atoms with Crippen LogP contribution in [0.25, 0.3) is 11.3 Å². The van der Waals surface area contributed by atoms with E-state index in [1.54, 1.807) is 24.3 Å². The number of furan rings is 1. The molecule has 0 fully saturated rings. The number of nitro benzene ring substituents is 1. The van der Waals surface area contributed by atoms with E-state index >= 15 is 0 Å². The summed E-state index contributed by atoms with van der Waals surface area (Å²) < 4.78 is 5.66. The summed E-state index contributed by atoms with van der Waals surface area (Å²) in [6.07, 6.45) is 1.51. The van der Waals surface area contributed by atoms with Gasteiger partial charge in [-0.3, -0.25) is 15.5 Å². The fourth-order valence-corrected chi connectivity index (χ4v) is 2.42. The third kappa shape index (κ3) is 5.23. The number of benzene rings is 2. The van der Waals surface area contributed by atoms with Crippen molar-refractivity contribution >= 4 is 29.2 Å². The van der Waals surface area contributed by atoms with E-state index in [2.05, 4.69) is 15.8 Å². The van der Waals surface area contributed by atoms with E-state index in [-0.39, 0.29) is 5.69 Å². The van der Waals surface area contributed by atoms with Crippen molar-refractivity contribution in [1.82, 2.24) is 10.7 Å². The summed E-state index contributed by atoms with van der Waals surface area (Å²) in [5, 5.41) is 18.2. The maximum absolute atomic E-state index is 10.7. The number of nitro groups is 1. The summed E-state index contributed by atoms with van der Waals surface area (Å²) in [7, 11) is 0. The molecular formula is C19H16N4O3S. The van der Waals surface area contributed by atoms with Crippen molar-refractivity contribution in [3.63, 3.8) is 0 Å². The second kappa shape index (κ2) is 8.72. The number of hydrazone groups is 1. The van der Waals surface area contributed by atoms with Crippen molar-refractivity contribution in [3.05, 3.63) is 88.2 Å². The first-order valence-corrected chi connectivity index (χ1v) is 8.48. The van der Waals surface area contributed by atoms with Crippen LogP contribution in [0.5, 0.6) is 0 Å². The van der Waals surface area contributed by atoms with Crippen molar-refractivity contribution in [2.45, 2.75) is 6.54 Å². The Morgan fingerprint density at radius 2 is 1.85 bits per heavy atom. The van der Waals surface area contributed by atoms with Crippen LogP contribution in [-0.4, -0.2) is 16.3 Å². The molecule has 136 valence electrons. The van der Waals surface area contributed by atoms with E-state index in [4.69, 9.17) is 16.6 Å². The van der Waals surface area contributed by atoms with Crippen molar-refractivity contribution in [1.29, 1.82) is 0 Å². The molecule has 0 amide bonds. The standard InChI is InChI=1S/C19H16N4O3S/c24-23(25)16-8-6-15(7-9-16)18-11-10-17(26-18)13-21-22-19(27)20-12-14-4-2-1-3-5-14/h1-11,13H,12H2,(H2,20,22,27). The molecule has 7 nitrogen and oxygen atoms in total. The van der Waals surface area contributed by atoms with Gasteiger partial charge in [0.25, 0.3) is 5.69 Å². The lowest BCUT2D eigenvalue weighted by Gasteiger charge is -2.06. The van der Waals surface area contributed by atoms with Gasteiger partial charge in [0.1, 0.15) is 11.5 Å². The largest absolute Gasteiger partial charge is 0.455 e. The average molecular weight is 380 g/mol. The Labute approximate surface area is 160 Å². The summed E-state index contributed by atoms with van der Waals surface area (Å²) in [6, 6.07) is 19.6. The van der Waals surface area contributed by atoms with Crippen LogP contribution >= 0.6 is 12.2 Å². The molecule has 0 aliphatic rings. The molecule has 1 heterocycles. The van der Waals surface area contributed by atoms with Crippen molar-refractivity contribution in [3.8, 4) is 11.3 Å². The van der Waals surface area contributed by atoms with Crippen LogP contribution < -0.4 is 10.7 Å². The van der Waals surface area contributed by atoms with Gasteiger partial charge < -0.3 is 9.73 Å². The first-order chi connectivity index (χ1) is 13.1. The van der Waals surface area contributed by atoms with E-state index < -0.39 is 4.92 Å². The van der Waals surface area contributed by atoms with Crippen LogP contribution in [0.4, 0.5) is 5.69 Å². The molecule has 0 unspecified atom stereocenters. The van der Waals surface area contributed by atoms with Crippen molar-refractivity contribution < 1.29 is 9.34 Å². The van der Waals surface area contributed by atoms with Crippen LogP contribution in [0.15, 0.2) is 76.2 Å². The lowest BCUT2D eigenvalue weighted by atomic mass is 10.1. The van der Waals surface area contributed by atoms with Gasteiger partial charge >= 0.3 is 0 Å². The van der Waals surface area contributed by atoms with E-state index in [1.165, 1.54) is 18.3 Å². The van der Waals surface area contributed by atoms with Gasteiger partial charge in [-0.1, -0.05) is 30.3 Å². The van der Waals surface area contributed by atoms with E-state index in [0.717, 1.165) is 11.1 Å². The molecular weight excluding hydrogens is 364 g/mol. The lowest BCUT2D eigenvalue weighted by Crippen LogP contribution is -2.31. The number of nitrogens with one attached hydrogen (secondary N) is 2. The van der Waals surface area contributed by atoms with Crippen LogP contribution in [0.3, 0.4) is 0 Å². The molecule has 0 aliphatic carbocycles. The van der Waals surface area contributed by atoms with Crippen LogP contribution in [0.1, 0.15) is 11.3 Å². The summed E-state index contributed by atoms with van der Waals surface area (Å²) >= 11 is 5.16. The first kappa shape index (κ1) is 18.3. The Balaban J connectivity index is 1.52. The smallest absolute Gasteiger partial charge is 0.269 e. The highest BCUT2D eigenvalue weighted by molar-refractivity contribution is 7.80. The summed E-state index contributed by atoms with van der Waals surface area (Å²) in [4.78, 5) is 10.3. The summed E-state index contributed by atoms with van der Waals surface area (Å²) in [5.41, 5.74) is 4.62. The molecule has 0 aliphatic heterocycles. The maximum atomic E-state index is 10.7. The lowest BCUT2D eigenvalue weighted by molar-refractivity contribution is -0.384. The Morgan fingerprint density at radius 1 is 1.11 bits per heavy atom. The van der Waals surface area contributed by atoms with E-state index in [1.807, 2.05) is 30.3 Å². The molecule has 0 atom stereocenters. The van der Waals surface area contributed by atoms with Crippen LogP contribution in [-0.2, 0) is 6.54 Å². The highest BCUT2D eigenvalue weighted by atomic mass is 32.1. The normalized spacial score (nSPS) is 10.7. The Hall–Kier alpha value is -3.52. The fraction of sp³-hybridized carbons (Fsp3) is 0.0526. The quantitative estimate of drug-likeness (QED) is 0.292. The van der Waals surface area contributed by atoms with Gasteiger partial charge in [-0.15, -0.1) is 0 Å². The van der Waals surface area contributed by atoms with Gasteiger partial charge in [0, 0.05) is 24.2 Å². The minimum Gasteiger partial charge on any atom is -0.455 e. The van der Waals surface area contributed by atoms with Gasteiger partial charge in [0.2, 0.25) is 0 Å². The molecule has 2 aromatic carbocycles. The molecule has 0 bridgehead atoms. The Bertz CT molecular complexity index is 953. The molecule has 27 heavy (non-hydrogen) atoms. The van der Waals surface area contributed by atoms with E-state index in [0.29, 0.717) is 23.2 Å². The molecule has 2 N–H and O–H groups in total.